The summed E-state index contributed by atoms with van der Waals surface area (Å²) < 4.78 is 0. The van der Waals surface area contributed by atoms with Gasteiger partial charge in [-0.2, -0.15) is 0 Å². The lowest BCUT2D eigenvalue weighted by Gasteiger charge is -2.19. The largest absolute Gasteiger partial charge is 0.344 e. The second-order valence-corrected chi connectivity index (χ2v) is 14.0. The van der Waals surface area contributed by atoms with E-state index in [4.69, 9.17) is 11.6 Å². The quantitative estimate of drug-likeness (QED) is 0.0419. The molecule has 0 spiro atoms. The fourth-order valence-electron chi connectivity index (χ4n) is 5.94. The number of rotatable bonds is 34. The molecule has 0 saturated heterocycles. The van der Waals surface area contributed by atoms with Crippen LogP contribution in [-0.2, 0) is 9.59 Å². The van der Waals surface area contributed by atoms with E-state index in [1.807, 2.05) is 0 Å². The summed E-state index contributed by atoms with van der Waals surface area (Å²) in [5.74, 6) is -0.139. The minimum absolute atomic E-state index is 0. The number of carbonyl (C=O) groups excluding carboxylic acids is 2. The van der Waals surface area contributed by atoms with Gasteiger partial charge in [-0.3, -0.25) is 9.59 Å². The lowest BCUT2D eigenvalue weighted by Crippen LogP contribution is -2.38. The van der Waals surface area contributed by atoms with Gasteiger partial charge in [0.05, 0.1) is 0 Å². The van der Waals surface area contributed by atoms with Gasteiger partial charge in [0.25, 0.3) is 0 Å². The Kier molecular flexibility index (Phi) is 39.3. The van der Waals surface area contributed by atoms with Gasteiger partial charge in [0.2, 0.25) is 0 Å². The monoisotopic (exact) mass is 631 g/mol. The van der Waals surface area contributed by atoms with Crippen molar-refractivity contribution in [2.45, 2.75) is 231 Å². The van der Waals surface area contributed by atoms with Gasteiger partial charge in [0.1, 0.15) is 0 Å². The van der Waals surface area contributed by atoms with Gasteiger partial charge in [-0.05, 0) is 19.8 Å². The maximum Gasteiger partial charge on any atom is 0.160 e. The van der Waals surface area contributed by atoms with E-state index < -0.39 is 4.87 Å². The average Bonchev–Trinajstić information content (AvgIpc) is 2.96. The van der Waals surface area contributed by atoms with E-state index in [1.54, 1.807) is 6.92 Å². The van der Waals surface area contributed by atoms with Gasteiger partial charge in [-0.1, -0.05) is 194 Å². The Bertz CT molecular complexity index is 534. The van der Waals surface area contributed by atoms with Crippen LogP contribution in [0.4, 0.5) is 0 Å². The topological polar surface area (TPSA) is 104 Å². The average molecular weight is 632 g/mol. The molecule has 5 heteroatoms. The van der Waals surface area contributed by atoms with Crippen molar-refractivity contribution in [3.63, 3.8) is 0 Å². The number of Topliss-reactive ketones (excluding diaryl/α,β-unsaturated/α-hetero) is 2. The predicted octanol–water partition coefficient (Wildman–Crippen LogP) is 14.0. The maximum atomic E-state index is 12.6. The number of halogens is 1. The summed E-state index contributed by atoms with van der Waals surface area (Å²) in [6.07, 6.45) is 40.2. The van der Waals surface area contributed by atoms with Crippen LogP contribution in [0.15, 0.2) is 0 Å². The lowest BCUT2D eigenvalue weighted by molar-refractivity contribution is -0.130. The summed E-state index contributed by atoms with van der Waals surface area (Å²) in [6.45, 7) is 6.19. The van der Waals surface area contributed by atoms with Crippen molar-refractivity contribution in [3.8, 4) is 0 Å². The van der Waals surface area contributed by atoms with Crippen LogP contribution in [0.5, 0.6) is 0 Å². The molecule has 0 aliphatic heterocycles. The van der Waals surface area contributed by atoms with Crippen molar-refractivity contribution < 1.29 is 9.59 Å². The van der Waals surface area contributed by atoms with E-state index in [0.29, 0.717) is 12.8 Å². The number of carbonyl (C=O) groups is 2. The van der Waals surface area contributed by atoms with Gasteiger partial charge in [0.15, 0.2) is 16.4 Å². The van der Waals surface area contributed by atoms with Crippen LogP contribution in [-0.4, -0.2) is 16.4 Å². The number of hydrogen-bond acceptors (Lipinski definition) is 4. The molecule has 0 bridgehead atoms. The highest BCUT2D eigenvalue weighted by molar-refractivity contribution is 6.46. The first kappa shape index (κ1) is 47.0. The highest BCUT2D eigenvalue weighted by atomic mass is 35.5. The fourth-order valence-corrected chi connectivity index (χ4v) is 6.13. The summed E-state index contributed by atoms with van der Waals surface area (Å²) in [6, 6.07) is 0. The molecule has 0 fully saturated rings. The Morgan fingerprint density at radius 1 is 0.372 bits per heavy atom. The second kappa shape index (κ2) is 36.0. The number of unbranched alkanes of at least 4 members (excludes halogenated alkanes) is 28. The third-order valence-electron chi connectivity index (χ3n) is 9.06. The van der Waals surface area contributed by atoms with Crippen molar-refractivity contribution in [1.82, 2.24) is 12.3 Å². The number of hydrogen-bond donors (Lipinski definition) is 2. The van der Waals surface area contributed by atoms with E-state index in [2.05, 4.69) is 13.8 Å². The van der Waals surface area contributed by atoms with Crippen molar-refractivity contribution in [1.29, 1.82) is 0 Å². The van der Waals surface area contributed by atoms with Gasteiger partial charge in [-0.15, -0.1) is 11.6 Å². The van der Waals surface area contributed by atoms with E-state index in [1.165, 1.54) is 167 Å². The van der Waals surface area contributed by atoms with E-state index in [0.717, 1.165) is 25.7 Å². The fraction of sp³-hybridized carbons (Fsp3) is 0.947. The Morgan fingerprint density at radius 2 is 0.535 bits per heavy atom. The van der Waals surface area contributed by atoms with E-state index >= 15 is 0 Å². The first-order chi connectivity index (χ1) is 20.0. The zero-order chi connectivity index (χ0) is 30.3. The molecule has 43 heavy (non-hydrogen) atoms. The van der Waals surface area contributed by atoms with E-state index in [-0.39, 0.29) is 23.9 Å². The molecule has 0 amide bonds. The summed E-state index contributed by atoms with van der Waals surface area (Å²) >= 11 is 6.47. The highest BCUT2D eigenvalue weighted by Gasteiger charge is 2.36. The molecule has 0 atom stereocenters. The summed E-state index contributed by atoms with van der Waals surface area (Å²) in [4.78, 5) is 24.0. The third kappa shape index (κ3) is 31.3. The Balaban J connectivity index is -0.00000800. The zero-order valence-electron chi connectivity index (χ0n) is 29.7. The Morgan fingerprint density at radius 3 is 0.721 bits per heavy atom. The minimum atomic E-state index is -1.31. The summed E-state index contributed by atoms with van der Waals surface area (Å²) in [5, 5.41) is 0. The maximum absolute atomic E-state index is 12.6. The lowest BCUT2D eigenvalue weighted by atomic mass is 9.92. The predicted molar refractivity (Wildman–Crippen MR) is 193 cm³/mol. The Labute approximate surface area is 275 Å². The molecule has 6 N–H and O–H groups in total. The van der Waals surface area contributed by atoms with Gasteiger partial charge < -0.3 is 12.3 Å². The van der Waals surface area contributed by atoms with Crippen molar-refractivity contribution in [3.05, 3.63) is 0 Å². The van der Waals surface area contributed by atoms with E-state index in [9.17, 15) is 9.59 Å². The Hall–Kier alpha value is -0.450. The molecule has 0 rings (SSSR count). The molecule has 4 nitrogen and oxygen atoms in total. The molecule has 0 aliphatic carbocycles. The molecule has 0 saturated carbocycles. The molecule has 0 aromatic heterocycles. The molecule has 260 valence electrons. The summed E-state index contributed by atoms with van der Waals surface area (Å²) in [7, 11) is 0. The second-order valence-electron chi connectivity index (χ2n) is 13.2. The molecule has 0 aromatic carbocycles. The normalized spacial score (nSPS) is 11.3. The van der Waals surface area contributed by atoms with Crippen LogP contribution in [0, 0.1) is 0 Å². The molecular formula is C38H79ClN2O2. The number of ketones is 2. The standard InChI is InChI=1S/C38H73ClO2.2H3N/c1-4-6-8-10-12-14-16-18-20-22-24-26-28-30-32-34-36(40)38(3,39)37(41)35-33-31-29-27-25-23-21-19-17-15-13-11-9-7-5-2;;/h4-35H2,1-3H3;2*1H3. The highest BCUT2D eigenvalue weighted by Crippen LogP contribution is 2.24. The van der Waals surface area contributed by atoms with Crippen LogP contribution >= 0.6 is 11.6 Å². The molecular weight excluding hydrogens is 552 g/mol. The van der Waals surface area contributed by atoms with Crippen molar-refractivity contribution >= 4 is 23.2 Å². The minimum Gasteiger partial charge on any atom is -0.344 e. The van der Waals surface area contributed by atoms with Crippen molar-refractivity contribution in [2.24, 2.45) is 0 Å². The molecule has 0 radical (unpaired) electrons. The molecule has 0 heterocycles. The van der Waals surface area contributed by atoms with Crippen LogP contribution < -0.4 is 12.3 Å². The first-order valence-electron chi connectivity index (χ1n) is 18.7. The van der Waals surface area contributed by atoms with Gasteiger partial charge >= 0.3 is 0 Å². The van der Waals surface area contributed by atoms with Crippen LogP contribution in [0.3, 0.4) is 0 Å². The van der Waals surface area contributed by atoms with Crippen molar-refractivity contribution in [2.75, 3.05) is 0 Å². The first-order valence-corrected chi connectivity index (χ1v) is 19.1. The zero-order valence-corrected chi connectivity index (χ0v) is 30.5. The van der Waals surface area contributed by atoms with Crippen LogP contribution in [0.2, 0.25) is 0 Å². The molecule has 0 aliphatic rings. The van der Waals surface area contributed by atoms with Crippen LogP contribution in [0.1, 0.15) is 226 Å². The number of alkyl halides is 1. The van der Waals surface area contributed by atoms with Crippen LogP contribution in [0.25, 0.3) is 0 Å². The SMILES string of the molecule is CCCCCCCCCCCCCCCCCC(=O)C(C)(Cl)C(=O)CCCCCCCCCCCCCCCCC.N.N. The smallest absolute Gasteiger partial charge is 0.160 e. The molecule has 0 unspecified atom stereocenters. The third-order valence-corrected chi connectivity index (χ3v) is 9.48. The summed E-state index contributed by atoms with van der Waals surface area (Å²) in [5.41, 5.74) is 0. The molecule has 0 aromatic rings. The van der Waals surface area contributed by atoms with Gasteiger partial charge in [0, 0.05) is 12.8 Å². The van der Waals surface area contributed by atoms with Gasteiger partial charge in [-0.25, -0.2) is 0 Å².